The van der Waals surface area contributed by atoms with E-state index in [0.29, 0.717) is 26.6 Å². The highest BCUT2D eigenvalue weighted by Gasteiger charge is 2.10. The molecular formula is C17H13Cl2N3O2. The fraction of sp³-hybridized carbons (Fsp3) is 0.118. The maximum absolute atomic E-state index is 12.5. The first kappa shape index (κ1) is 16.5. The minimum atomic E-state index is -0.342. The standard InChI is InChI=1S/C17H13Cl2N3O2/c1-10-2-3-12(19)7-15(10)21-16(23)8-22-9-20-14-5-4-11(18)6-13(14)17(22)24/h2-7,9H,8H2,1H3,(H,21,23). The Labute approximate surface area is 147 Å². The number of hydrogen-bond donors (Lipinski definition) is 1. The number of rotatable bonds is 3. The molecule has 7 heteroatoms. The van der Waals surface area contributed by atoms with Gasteiger partial charge in [-0.25, -0.2) is 4.98 Å². The van der Waals surface area contributed by atoms with Crippen molar-refractivity contribution in [2.24, 2.45) is 0 Å². The summed E-state index contributed by atoms with van der Waals surface area (Å²) in [6.07, 6.45) is 1.35. The Bertz CT molecular complexity index is 999. The zero-order valence-electron chi connectivity index (χ0n) is 12.7. The van der Waals surface area contributed by atoms with Crippen molar-refractivity contribution in [3.05, 3.63) is 68.7 Å². The van der Waals surface area contributed by atoms with Crippen molar-refractivity contribution in [1.82, 2.24) is 9.55 Å². The fourth-order valence-electron chi connectivity index (χ4n) is 2.32. The Balaban J connectivity index is 1.87. The summed E-state index contributed by atoms with van der Waals surface area (Å²) in [5, 5.41) is 4.09. The molecule has 122 valence electrons. The molecule has 0 bridgehead atoms. The zero-order chi connectivity index (χ0) is 17.3. The van der Waals surface area contributed by atoms with Crippen LogP contribution in [-0.2, 0) is 11.3 Å². The molecule has 2 aromatic carbocycles. The second-order valence-electron chi connectivity index (χ2n) is 5.35. The molecule has 3 rings (SSSR count). The normalized spacial score (nSPS) is 10.8. The van der Waals surface area contributed by atoms with Crippen molar-refractivity contribution in [3.8, 4) is 0 Å². The van der Waals surface area contributed by atoms with E-state index in [1.165, 1.54) is 10.9 Å². The van der Waals surface area contributed by atoms with Crippen LogP contribution in [0.1, 0.15) is 5.56 Å². The van der Waals surface area contributed by atoms with E-state index in [0.717, 1.165) is 5.56 Å². The lowest BCUT2D eigenvalue weighted by Gasteiger charge is -2.10. The summed E-state index contributed by atoms with van der Waals surface area (Å²) in [5.74, 6) is -0.342. The maximum atomic E-state index is 12.5. The number of nitrogens with one attached hydrogen (secondary N) is 1. The third-order valence-corrected chi connectivity index (χ3v) is 4.04. The number of fused-ring (bicyclic) bond motifs is 1. The van der Waals surface area contributed by atoms with Crippen LogP contribution in [0.25, 0.3) is 10.9 Å². The molecule has 0 fully saturated rings. The predicted octanol–water partition coefficient (Wildman–Crippen LogP) is 3.65. The van der Waals surface area contributed by atoms with Gasteiger partial charge in [0, 0.05) is 15.7 Å². The number of aryl methyl sites for hydroxylation is 1. The number of carbonyl (C=O) groups excluding carboxylic acids is 1. The fourth-order valence-corrected chi connectivity index (χ4v) is 2.66. The van der Waals surface area contributed by atoms with E-state index in [-0.39, 0.29) is 18.0 Å². The van der Waals surface area contributed by atoms with E-state index in [1.54, 1.807) is 30.3 Å². The van der Waals surface area contributed by atoms with Crippen LogP contribution in [0.15, 0.2) is 47.5 Å². The highest BCUT2D eigenvalue weighted by Crippen LogP contribution is 2.20. The second-order valence-corrected chi connectivity index (χ2v) is 6.22. The Morgan fingerprint density at radius 1 is 1.17 bits per heavy atom. The van der Waals surface area contributed by atoms with Gasteiger partial charge in [0.25, 0.3) is 5.56 Å². The Morgan fingerprint density at radius 2 is 1.88 bits per heavy atom. The molecule has 0 aliphatic heterocycles. The van der Waals surface area contributed by atoms with Crippen LogP contribution in [0.2, 0.25) is 10.0 Å². The molecule has 5 nitrogen and oxygen atoms in total. The molecule has 0 aliphatic rings. The van der Waals surface area contributed by atoms with Gasteiger partial charge in [0.1, 0.15) is 6.54 Å². The molecule has 1 amide bonds. The first-order chi connectivity index (χ1) is 11.4. The first-order valence-electron chi connectivity index (χ1n) is 7.15. The van der Waals surface area contributed by atoms with Gasteiger partial charge in [0.05, 0.1) is 17.2 Å². The maximum Gasteiger partial charge on any atom is 0.261 e. The molecule has 0 saturated heterocycles. The zero-order valence-corrected chi connectivity index (χ0v) is 14.2. The van der Waals surface area contributed by atoms with Crippen molar-refractivity contribution in [1.29, 1.82) is 0 Å². The number of carbonyl (C=O) groups is 1. The molecule has 0 unspecified atom stereocenters. The molecule has 0 aliphatic carbocycles. The van der Waals surface area contributed by atoms with Crippen LogP contribution in [-0.4, -0.2) is 15.5 Å². The van der Waals surface area contributed by atoms with Crippen molar-refractivity contribution >= 4 is 45.7 Å². The average molecular weight is 362 g/mol. The number of benzene rings is 2. The Kier molecular flexibility index (Phi) is 4.55. The van der Waals surface area contributed by atoms with Gasteiger partial charge >= 0.3 is 0 Å². The van der Waals surface area contributed by atoms with E-state index in [1.807, 2.05) is 13.0 Å². The lowest BCUT2D eigenvalue weighted by atomic mass is 10.2. The molecule has 0 saturated carbocycles. The van der Waals surface area contributed by atoms with Gasteiger partial charge in [-0.3, -0.25) is 14.2 Å². The van der Waals surface area contributed by atoms with Gasteiger partial charge in [-0.05, 0) is 42.8 Å². The van der Waals surface area contributed by atoms with Crippen molar-refractivity contribution in [3.63, 3.8) is 0 Å². The molecular weight excluding hydrogens is 349 g/mol. The van der Waals surface area contributed by atoms with Gasteiger partial charge in [0.15, 0.2) is 0 Å². The summed E-state index contributed by atoms with van der Waals surface area (Å²) in [6.45, 7) is 1.71. The number of amides is 1. The molecule has 1 aromatic heterocycles. The topological polar surface area (TPSA) is 64.0 Å². The summed E-state index contributed by atoms with van der Waals surface area (Å²) < 4.78 is 1.24. The number of anilines is 1. The van der Waals surface area contributed by atoms with Crippen LogP contribution in [0.3, 0.4) is 0 Å². The molecule has 0 atom stereocenters. The SMILES string of the molecule is Cc1ccc(Cl)cc1NC(=O)Cn1cnc2ccc(Cl)cc2c1=O. The number of nitrogens with zero attached hydrogens (tertiary/aromatic N) is 2. The summed E-state index contributed by atoms with van der Waals surface area (Å²) in [4.78, 5) is 28.9. The van der Waals surface area contributed by atoms with Gasteiger partial charge in [-0.1, -0.05) is 29.3 Å². The smallest absolute Gasteiger partial charge is 0.261 e. The quantitative estimate of drug-likeness (QED) is 0.774. The van der Waals surface area contributed by atoms with Crippen molar-refractivity contribution in [2.45, 2.75) is 13.5 Å². The van der Waals surface area contributed by atoms with Crippen LogP contribution in [0.5, 0.6) is 0 Å². The first-order valence-corrected chi connectivity index (χ1v) is 7.90. The summed E-state index contributed by atoms with van der Waals surface area (Å²) in [5.41, 5.74) is 1.70. The third-order valence-electron chi connectivity index (χ3n) is 3.57. The second kappa shape index (κ2) is 6.63. The Hall–Kier alpha value is -2.37. The largest absolute Gasteiger partial charge is 0.324 e. The average Bonchev–Trinajstić information content (AvgIpc) is 2.54. The van der Waals surface area contributed by atoms with E-state index in [2.05, 4.69) is 10.3 Å². The van der Waals surface area contributed by atoms with Gasteiger partial charge in [0.2, 0.25) is 5.91 Å². The van der Waals surface area contributed by atoms with Gasteiger partial charge in [-0.15, -0.1) is 0 Å². The number of halogens is 2. The predicted molar refractivity (Wildman–Crippen MR) is 95.8 cm³/mol. The third kappa shape index (κ3) is 3.42. The van der Waals surface area contributed by atoms with Crippen LogP contribution in [0, 0.1) is 6.92 Å². The highest BCUT2D eigenvalue weighted by molar-refractivity contribution is 6.31. The molecule has 1 N–H and O–H groups in total. The number of aromatic nitrogens is 2. The lowest BCUT2D eigenvalue weighted by molar-refractivity contribution is -0.116. The minimum absolute atomic E-state index is 0.153. The van der Waals surface area contributed by atoms with E-state index in [4.69, 9.17) is 23.2 Å². The summed E-state index contributed by atoms with van der Waals surface area (Å²) in [7, 11) is 0. The summed E-state index contributed by atoms with van der Waals surface area (Å²) >= 11 is 11.9. The van der Waals surface area contributed by atoms with Gasteiger partial charge < -0.3 is 5.32 Å². The number of hydrogen-bond acceptors (Lipinski definition) is 3. The molecule has 0 radical (unpaired) electrons. The lowest BCUT2D eigenvalue weighted by Crippen LogP contribution is -2.28. The highest BCUT2D eigenvalue weighted by atomic mass is 35.5. The van der Waals surface area contributed by atoms with E-state index >= 15 is 0 Å². The van der Waals surface area contributed by atoms with Crippen molar-refractivity contribution < 1.29 is 4.79 Å². The van der Waals surface area contributed by atoms with Gasteiger partial charge in [-0.2, -0.15) is 0 Å². The molecule has 24 heavy (non-hydrogen) atoms. The summed E-state index contributed by atoms with van der Waals surface area (Å²) in [6, 6.07) is 10.1. The molecule has 0 spiro atoms. The minimum Gasteiger partial charge on any atom is -0.324 e. The van der Waals surface area contributed by atoms with Crippen LogP contribution in [0.4, 0.5) is 5.69 Å². The molecule has 1 heterocycles. The van der Waals surface area contributed by atoms with E-state index < -0.39 is 0 Å². The van der Waals surface area contributed by atoms with Crippen LogP contribution >= 0.6 is 23.2 Å². The Morgan fingerprint density at radius 3 is 2.67 bits per heavy atom. The monoisotopic (exact) mass is 361 g/mol. The van der Waals surface area contributed by atoms with Crippen LogP contribution < -0.4 is 10.9 Å². The van der Waals surface area contributed by atoms with E-state index in [9.17, 15) is 9.59 Å². The molecule has 3 aromatic rings. The van der Waals surface area contributed by atoms with Crippen molar-refractivity contribution in [2.75, 3.05) is 5.32 Å².